The van der Waals surface area contributed by atoms with Gasteiger partial charge in [0.1, 0.15) is 10.8 Å². The molecule has 1 aromatic heterocycles. The molecular weight excluding hydrogens is 279 g/mol. The quantitative estimate of drug-likeness (QED) is 0.798. The number of nitrogens with two attached hydrogens (primary N) is 1. The van der Waals surface area contributed by atoms with Crippen molar-refractivity contribution in [3.05, 3.63) is 42.0 Å². The number of halogens is 1. The highest BCUT2D eigenvalue weighted by Gasteiger charge is 2.06. The topological polar surface area (TPSA) is 65.1 Å². The monoisotopic (exact) mass is 294 g/mol. The lowest BCUT2D eigenvalue weighted by Crippen LogP contribution is -2.11. The van der Waals surface area contributed by atoms with Crippen LogP contribution in [0.25, 0.3) is 0 Å². The first-order chi connectivity index (χ1) is 9.60. The maximum Gasteiger partial charge on any atom is 0.135 e. The van der Waals surface area contributed by atoms with Crippen LogP contribution >= 0.6 is 12.2 Å². The Kier molecular flexibility index (Phi) is 4.65. The zero-order valence-electron chi connectivity index (χ0n) is 11.0. The van der Waals surface area contributed by atoms with Gasteiger partial charge in [-0.3, -0.25) is 4.68 Å². The molecule has 2 aromatic rings. The minimum Gasteiger partial charge on any atom is -0.389 e. The zero-order valence-corrected chi connectivity index (χ0v) is 11.8. The van der Waals surface area contributed by atoms with Gasteiger partial charge in [-0.05, 0) is 18.2 Å². The lowest BCUT2D eigenvalue weighted by atomic mass is 10.2. The van der Waals surface area contributed by atoms with Crippen LogP contribution in [-0.2, 0) is 11.3 Å². The van der Waals surface area contributed by atoms with E-state index in [4.69, 9.17) is 22.7 Å². The molecule has 20 heavy (non-hydrogen) atoms. The van der Waals surface area contributed by atoms with Gasteiger partial charge in [0.15, 0.2) is 0 Å². The van der Waals surface area contributed by atoms with Crippen molar-refractivity contribution in [1.29, 1.82) is 0 Å². The second kappa shape index (κ2) is 6.44. The number of aromatic nitrogens is 2. The van der Waals surface area contributed by atoms with Crippen molar-refractivity contribution in [2.24, 2.45) is 5.73 Å². The van der Waals surface area contributed by atoms with Gasteiger partial charge in [-0.2, -0.15) is 5.10 Å². The van der Waals surface area contributed by atoms with Crippen LogP contribution in [0.1, 0.15) is 5.56 Å². The first-order valence-corrected chi connectivity index (χ1v) is 6.38. The Labute approximate surface area is 121 Å². The summed E-state index contributed by atoms with van der Waals surface area (Å²) in [7, 11) is 1.63. The molecule has 0 saturated carbocycles. The van der Waals surface area contributed by atoms with E-state index < -0.39 is 5.82 Å². The van der Waals surface area contributed by atoms with Crippen LogP contribution in [0, 0.1) is 5.82 Å². The summed E-state index contributed by atoms with van der Waals surface area (Å²) < 4.78 is 20.4. The standard InChI is InChI=1S/C13H15FN4OS/c1-19-5-4-18-8-10(7-16-18)17-9-2-3-11(13(15)20)12(14)6-9/h2-3,6-8,17H,4-5H2,1H3,(H2,15,20). The van der Waals surface area contributed by atoms with Crippen LogP contribution < -0.4 is 11.1 Å². The molecule has 0 radical (unpaired) electrons. The van der Waals surface area contributed by atoms with Crippen molar-refractivity contribution in [3.63, 3.8) is 0 Å². The van der Waals surface area contributed by atoms with Gasteiger partial charge in [0, 0.05) is 24.6 Å². The number of benzene rings is 1. The van der Waals surface area contributed by atoms with E-state index in [-0.39, 0.29) is 10.6 Å². The fourth-order valence-corrected chi connectivity index (χ4v) is 1.86. The number of hydrogen-bond acceptors (Lipinski definition) is 4. The molecule has 0 saturated heterocycles. The second-order valence-corrected chi connectivity index (χ2v) is 4.61. The summed E-state index contributed by atoms with van der Waals surface area (Å²) in [5, 5.41) is 7.22. The number of hydrogen-bond donors (Lipinski definition) is 2. The summed E-state index contributed by atoms with van der Waals surface area (Å²) in [5.74, 6) is -0.450. The molecule has 0 unspecified atom stereocenters. The zero-order chi connectivity index (χ0) is 14.5. The average Bonchev–Trinajstić information content (AvgIpc) is 2.83. The summed E-state index contributed by atoms with van der Waals surface area (Å²) in [6.45, 7) is 1.24. The highest BCUT2D eigenvalue weighted by molar-refractivity contribution is 7.80. The number of ether oxygens (including phenoxy) is 1. The molecule has 0 aliphatic rings. The molecule has 5 nitrogen and oxygen atoms in total. The molecule has 3 N–H and O–H groups in total. The van der Waals surface area contributed by atoms with E-state index in [2.05, 4.69) is 10.4 Å². The van der Waals surface area contributed by atoms with Gasteiger partial charge < -0.3 is 15.8 Å². The molecule has 106 valence electrons. The highest BCUT2D eigenvalue weighted by Crippen LogP contribution is 2.19. The molecule has 0 aliphatic carbocycles. The van der Waals surface area contributed by atoms with Crippen molar-refractivity contribution >= 4 is 28.6 Å². The van der Waals surface area contributed by atoms with Gasteiger partial charge in [0.2, 0.25) is 0 Å². The van der Waals surface area contributed by atoms with Crippen molar-refractivity contribution < 1.29 is 9.13 Å². The van der Waals surface area contributed by atoms with E-state index in [1.807, 2.05) is 6.20 Å². The molecule has 7 heteroatoms. The fraction of sp³-hybridized carbons (Fsp3) is 0.231. The molecule has 0 bridgehead atoms. The predicted molar refractivity (Wildman–Crippen MR) is 79.7 cm³/mol. The normalized spacial score (nSPS) is 10.5. The van der Waals surface area contributed by atoms with Crippen molar-refractivity contribution in [3.8, 4) is 0 Å². The van der Waals surface area contributed by atoms with Crippen LogP contribution in [0.4, 0.5) is 15.8 Å². The summed E-state index contributed by atoms with van der Waals surface area (Å²) >= 11 is 4.76. The minimum atomic E-state index is -0.450. The molecular formula is C13H15FN4OS. The number of anilines is 2. The fourth-order valence-electron chi connectivity index (χ4n) is 1.69. The lowest BCUT2D eigenvalue weighted by molar-refractivity contribution is 0.183. The summed E-state index contributed by atoms with van der Waals surface area (Å²) in [6.07, 6.45) is 3.48. The maximum atomic E-state index is 13.7. The van der Waals surface area contributed by atoms with Crippen molar-refractivity contribution in [1.82, 2.24) is 9.78 Å². The van der Waals surface area contributed by atoms with Crippen LogP contribution in [0.5, 0.6) is 0 Å². The third-order valence-electron chi connectivity index (χ3n) is 2.68. The molecule has 1 heterocycles. The third-order valence-corrected chi connectivity index (χ3v) is 2.90. The Hall–Kier alpha value is -1.99. The van der Waals surface area contributed by atoms with Crippen LogP contribution in [-0.4, -0.2) is 28.5 Å². The number of rotatable bonds is 6. The molecule has 0 amide bonds. The number of nitrogens with one attached hydrogen (secondary N) is 1. The highest BCUT2D eigenvalue weighted by atomic mass is 32.1. The molecule has 2 rings (SSSR count). The first-order valence-electron chi connectivity index (χ1n) is 5.98. The van der Waals surface area contributed by atoms with E-state index >= 15 is 0 Å². The van der Waals surface area contributed by atoms with E-state index in [0.29, 0.717) is 18.8 Å². The smallest absolute Gasteiger partial charge is 0.135 e. The Morgan fingerprint density at radius 2 is 2.30 bits per heavy atom. The van der Waals surface area contributed by atoms with Gasteiger partial charge in [0.25, 0.3) is 0 Å². The molecule has 0 atom stereocenters. The largest absolute Gasteiger partial charge is 0.389 e. The number of thiocarbonyl (C=S) groups is 1. The van der Waals surface area contributed by atoms with Crippen LogP contribution in [0.3, 0.4) is 0 Å². The number of nitrogens with zero attached hydrogens (tertiary/aromatic N) is 2. The molecule has 0 spiro atoms. The Bertz CT molecular complexity index is 614. The molecule has 0 fully saturated rings. The summed E-state index contributed by atoms with van der Waals surface area (Å²) in [5.41, 5.74) is 7.02. The SMILES string of the molecule is COCCn1cc(Nc2ccc(C(N)=S)c(F)c2)cn1. The van der Waals surface area contributed by atoms with Gasteiger partial charge in [-0.1, -0.05) is 12.2 Å². The van der Waals surface area contributed by atoms with Crippen LogP contribution in [0.2, 0.25) is 0 Å². The lowest BCUT2D eigenvalue weighted by Gasteiger charge is -2.06. The minimum absolute atomic E-state index is 0.0430. The van der Waals surface area contributed by atoms with Gasteiger partial charge in [-0.25, -0.2) is 4.39 Å². The summed E-state index contributed by atoms with van der Waals surface area (Å²) in [4.78, 5) is 0.0430. The molecule has 0 aliphatic heterocycles. The predicted octanol–water partition coefficient (Wildman–Crippen LogP) is 2.05. The van der Waals surface area contributed by atoms with Gasteiger partial charge in [0.05, 0.1) is 25.0 Å². The Morgan fingerprint density at radius 3 is 2.95 bits per heavy atom. The van der Waals surface area contributed by atoms with E-state index in [1.54, 1.807) is 30.1 Å². The van der Waals surface area contributed by atoms with E-state index in [9.17, 15) is 4.39 Å². The van der Waals surface area contributed by atoms with E-state index in [1.165, 1.54) is 6.07 Å². The number of methoxy groups -OCH3 is 1. The second-order valence-electron chi connectivity index (χ2n) is 4.17. The maximum absolute atomic E-state index is 13.7. The first kappa shape index (κ1) is 14.4. The average molecular weight is 294 g/mol. The Morgan fingerprint density at radius 1 is 1.50 bits per heavy atom. The van der Waals surface area contributed by atoms with E-state index in [0.717, 1.165) is 5.69 Å². The third kappa shape index (κ3) is 3.52. The molecule has 1 aromatic carbocycles. The van der Waals surface area contributed by atoms with Gasteiger partial charge >= 0.3 is 0 Å². The van der Waals surface area contributed by atoms with Crippen LogP contribution in [0.15, 0.2) is 30.6 Å². The Balaban J connectivity index is 2.08. The van der Waals surface area contributed by atoms with Gasteiger partial charge in [-0.15, -0.1) is 0 Å². The van der Waals surface area contributed by atoms with Crippen molar-refractivity contribution in [2.45, 2.75) is 6.54 Å². The summed E-state index contributed by atoms with van der Waals surface area (Å²) in [6, 6.07) is 4.61. The van der Waals surface area contributed by atoms with Crippen molar-refractivity contribution in [2.75, 3.05) is 19.0 Å².